The number of sulfonamides is 1. The second-order valence-electron chi connectivity index (χ2n) is 7.56. The van der Waals surface area contributed by atoms with Crippen LogP contribution in [0.3, 0.4) is 0 Å². The van der Waals surface area contributed by atoms with Crippen LogP contribution in [0.4, 0.5) is 5.69 Å². The number of unbranched alkanes of at least 4 members (excludes halogenated alkanes) is 2. The topological polar surface area (TPSA) is 116 Å². The third-order valence-electron chi connectivity index (χ3n) is 5.24. The zero-order valence-corrected chi connectivity index (χ0v) is 19.8. The summed E-state index contributed by atoms with van der Waals surface area (Å²) in [6.45, 7) is 4.89. The summed E-state index contributed by atoms with van der Waals surface area (Å²) >= 11 is 0. The number of carbonyl (C=O) groups excluding carboxylic acids is 2. The van der Waals surface area contributed by atoms with E-state index in [1.807, 2.05) is 13.8 Å². The maximum absolute atomic E-state index is 13.1. The summed E-state index contributed by atoms with van der Waals surface area (Å²) in [6, 6.07) is 6.11. The Bertz CT molecular complexity index is 919. The number of hydrogen-bond acceptors (Lipinski definition) is 7. The SMILES string of the molecule is CCCCN(CCCC)S(=O)(=O)c1ccc(NC2=C(C(=O)OC)CN(CCO)C2=O)cc1. The molecule has 0 saturated heterocycles. The highest BCUT2D eigenvalue weighted by Crippen LogP contribution is 2.25. The number of β-amino-alcohol motifs (C(OH)–C–C–N with tert-alkyl or cyclic N) is 1. The van der Waals surface area contributed by atoms with Crippen LogP contribution in [0, 0.1) is 0 Å². The molecule has 2 rings (SSSR count). The van der Waals surface area contributed by atoms with Gasteiger partial charge in [-0.2, -0.15) is 4.31 Å². The number of methoxy groups -OCH3 is 1. The second kappa shape index (κ2) is 12.0. The number of carbonyl (C=O) groups is 2. The molecule has 178 valence electrons. The Morgan fingerprint density at radius 3 is 2.25 bits per heavy atom. The summed E-state index contributed by atoms with van der Waals surface area (Å²) in [6.07, 6.45) is 3.39. The van der Waals surface area contributed by atoms with E-state index in [4.69, 9.17) is 9.84 Å². The van der Waals surface area contributed by atoms with Gasteiger partial charge in [-0.1, -0.05) is 26.7 Å². The Hall–Kier alpha value is -2.43. The molecule has 1 aliphatic rings. The lowest BCUT2D eigenvalue weighted by molar-refractivity contribution is -0.136. The number of hydrogen-bond donors (Lipinski definition) is 2. The van der Waals surface area contributed by atoms with Crippen LogP contribution < -0.4 is 5.32 Å². The first kappa shape index (κ1) is 25.8. The molecule has 2 N–H and O–H groups in total. The molecule has 32 heavy (non-hydrogen) atoms. The van der Waals surface area contributed by atoms with Crippen molar-refractivity contribution in [2.45, 2.75) is 44.4 Å². The van der Waals surface area contributed by atoms with Crippen LogP contribution in [-0.2, 0) is 24.3 Å². The van der Waals surface area contributed by atoms with Crippen molar-refractivity contribution in [3.63, 3.8) is 0 Å². The molecular formula is C22H33N3O6S. The Balaban J connectivity index is 2.25. The Morgan fingerprint density at radius 1 is 1.16 bits per heavy atom. The van der Waals surface area contributed by atoms with Crippen LogP contribution in [0.25, 0.3) is 0 Å². The van der Waals surface area contributed by atoms with Crippen LogP contribution >= 0.6 is 0 Å². The average molecular weight is 468 g/mol. The summed E-state index contributed by atoms with van der Waals surface area (Å²) in [4.78, 5) is 26.2. The van der Waals surface area contributed by atoms with Gasteiger partial charge in [0, 0.05) is 25.3 Å². The van der Waals surface area contributed by atoms with Crippen molar-refractivity contribution < 1.29 is 27.9 Å². The van der Waals surface area contributed by atoms with Crippen molar-refractivity contribution in [3.8, 4) is 0 Å². The van der Waals surface area contributed by atoms with Crippen LogP contribution in [0.2, 0.25) is 0 Å². The maximum Gasteiger partial charge on any atom is 0.337 e. The number of nitrogens with one attached hydrogen (secondary N) is 1. The van der Waals surface area contributed by atoms with E-state index in [0.29, 0.717) is 18.8 Å². The monoisotopic (exact) mass is 467 g/mol. The van der Waals surface area contributed by atoms with Gasteiger partial charge in [0.1, 0.15) is 5.70 Å². The number of aliphatic hydroxyl groups is 1. The largest absolute Gasteiger partial charge is 0.466 e. The number of benzene rings is 1. The lowest BCUT2D eigenvalue weighted by Gasteiger charge is -2.22. The lowest BCUT2D eigenvalue weighted by Crippen LogP contribution is -2.33. The van der Waals surface area contributed by atoms with Gasteiger partial charge in [-0.15, -0.1) is 0 Å². The Labute approximate surface area is 190 Å². The van der Waals surface area contributed by atoms with Crippen LogP contribution in [0.1, 0.15) is 39.5 Å². The molecule has 0 aliphatic carbocycles. The van der Waals surface area contributed by atoms with E-state index in [0.717, 1.165) is 25.7 Å². The minimum Gasteiger partial charge on any atom is -0.466 e. The first-order valence-corrected chi connectivity index (χ1v) is 12.3. The summed E-state index contributed by atoms with van der Waals surface area (Å²) in [5.74, 6) is -1.07. The van der Waals surface area contributed by atoms with Gasteiger partial charge in [0.15, 0.2) is 0 Å². The van der Waals surface area contributed by atoms with Gasteiger partial charge in [0.05, 0.1) is 30.7 Å². The number of aliphatic hydroxyl groups excluding tert-OH is 1. The van der Waals surface area contributed by atoms with E-state index in [2.05, 4.69) is 5.32 Å². The number of amides is 1. The summed E-state index contributed by atoms with van der Waals surface area (Å²) in [5, 5.41) is 12.1. The van der Waals surface area contributed by atoms with Gasteiger partial charge in [-0.3, -0.25) is 4.79 Å². The number of ether oxygens (including phenoxy) is 1. The van der Waals surface area contributed by atoms with E-state index in [-0.39, 0.29) is 35.9 Å². The second-order valence-corrected chi connectivity index (χ2v) is 9.49. The average Bonchev–Trinajstić information content (AvgIpc) is 3.09. The van der Waals surface area contributed by atoms with E-state index in [1.54, 1.807) is 12.1 Å². The Morgan fingerprint density at radius 2 is 1.75 bits per heavy atom. The molecule has 0 fully saturated rings. The lowest BCUT2D eigenvalue weighted by atomic mass is 10.2. The van der Waals surface area contributed by atoms with Crippen molar-refractivity contribution >= 4 is 27.6 Å². The molecule has 1 heterocycles. The highest BCUT2D eigenvalue weighted by atomic mass is 32.2. The molecule has 0 radical (unpaired) electrons. The molecule has 1 amide bonds. The van der Waals surface area contributed by atoms with Gasteiger partial charge in [-0.05, 0) is 37.1 Å². The predicted octanol–water partition coefficient (Wildman–Crippen LogP) is 1.95. The number of rotatable bonds is 13. The third kappa shape index (κ3) is 6.08. The number of nitrogens with zero attached hydrogens (tertiary/aromatic N) is 2. The zero-order chi connectivity index (χ0) is 23.7. The van der Waals surface area contributed by atoms with Gasteiger partial charge in [0.2, 0.25) is 10.0 Å². The van der Waals surface area contributed by atoms with Crippen molar-refractivity contribution in [2.24, 2.45) is 0 Å². The standard InChI is InChI=1S/C22H33N3O6S/c1-4-6-12-25(13-7-5-2)32(29,30)18-10-8-17(9-11-18)23-20-19(22(28)31-3)16-24(14-15-26)21(20)27/h8-11,23,26H,4-7,12-16H2,1-3H3. The minimum absolute atomic E-state index is 0.0324. The zero-order valence-electron chi connectivity index (χ0n) is 19.0. The molecule has 1 aromatic rings. The molecule has 1 aliphatic heterocycles. The highest BCUT2D eigenvalue weighted by molar-refractivity contribution is 7.89. The van der Waals surface area contributed by atoms with Crippen molar-refractivity contribution in [1.29, 1.82) is 0 Å². The van der Waals surface area contributed by atoms with Crippen LogP contribution in [0.15, 0.2) is 40.4 Å². The van der Waals surface area contributed by atoms with E-state index in [1.165, 1.54) is 28.4 Å². The molecule has 0 atom stereocenters. The fourth-order valence-corrected chi connectivity index (χ4v) is 4.89. The molecule has 1 aromatic carbocycles. The summed E-state index contributed by atoms with van der Waals surface area (Å²) in [5.41, 5.74) is 0.689. The molecule has 10 heteroatoms. The van der Waals surface area contributed by atoms with Crippen molar-refractivity contribution in [1.82, 2.24) is 9.21 Å². The van der Waals surface area contributed by atoms with Crippen molar-refractivity contribution in [3.05, 3.63) is 35.5 Å². The van der Waals surface area contributed by atoms with Crippen LogP contribution in [0.5, 0.6) is 0 Å². The van der Waals surface area contributed by atoms with Crippen LogP contribution in [-0.4, -0.2) is 74.5 Å². The first-order valence-electron chi connectivity index (χ1n) is 10.9. The fraction of sp³-hybridized carbons (Fsp3) is 0.545. The summed E-state index contributed by atoms with van der Waals surface area (Å²) in [7, 11) is -2.40. The molecule has 0 unspecified atom stereocenters. The quantitative estimate of drug-likeness (QED) is 0.426. The minimum atomic E-state index is -3.63. The molecule has 0 saturated carbocycles. The molecular weight excluding hydrogens is 434 g/mol. The number of esters is 1. The van der Waals surface area contributed by atoms with E-state index in [9.17, 15) is 18.0 Å². The Kier molecular flexibility index (Phi) is 9.67. The smallest absolute Gasteiger partial charge is 0.337 e. The number of anilines is 1. The highest BCUT2D eigenvalue weighted by Gasteiger charge is 2.34. The van der Waals surface area contributed by atoms with Crippen molar-refractivity contribution in [2.75, 3.05) is 45.2 Å². The molecule has 0 aromatic heterocycles. The van der Waals surface area contributed by atoms with Gasteiger partial charge in [-0.25, -0.2) is 13.2 Å². The predicted molar refractivity (Wildman–Crippen MR) is 121 cm³/mol. The fourth-order valence-electron chi connectivity index (χ4n) is 3.37. The summed E-state index contributed by atoms with van der Waals surface area (Å²) < 4.78 is 32.5. The van der Waals surface area contributed by atoms with E-state index < -0.39 is 21.9 Å². The van der Waals surface area contributed by atoms with Gasteiger partial charge in [0.25, 0.3) is 5.91 Å². The normalized spacial score (nSPS) is 14.4. The maximum atomic E-state index is 13.1. The van der Waals surface area contributed by atoms with Gasteiger partial charge >= 0.3 is 5.97 Å². The van der Waals surface area contributed by atoms with E-state index >= 15 is 0 Å². The third-order valence-corrected chi connectivity index (χ3v) is 7.15. The van der Waals surface area contributed by atoms with Gasteiger partial charge < -0.3 is 20.1 Å². The molecule has 0 spiro atoms. The first-order chi connectivity index (χ1) is 15.3. The molecule has 9 nitrogen and oxygen atoms in total. The molecule has 0 bridgehead atoms.